The van der Waals surface area contributed by atoms with E-state index in [1.54, 1.807) is 0 Å². The van der Waals surface area contributed by atoms with Gasteiger partial charge in [-0.15, -0.1) is 0 Å². The van der Waals surface area contributed by atoms with Crippen LogP contribution < -0.4 is 5.73 Å². The van der Waals surface area contributed by atoms with Gasteiger partial charge in [-0.2, -0.15) is 13.2 Å². The zero-order valence-corrected chi connectivity index (χ0v) is 11.4. The Kier molecular flexibility index (Phi) is 5.79. The van der Waals surface area contributed by atoms with Gasteiger partial charge in [0, 0.05) is 18.4 Å². The minimum Gasteiger partial charge on any atom is -0.324 e. The van der Waals surface area contributed by atoms with Gasteiger partial charge in [0.05, 0.1) is 5.56 Å². The fourth-order valence-electron chi connectivity index (χ4n) is 2.29. The molecular formula is C14H21F3N2. The molecule has 0 aliphatic heterocycles. The minimum atomic E-state index is -4.38. The minimum absolute atomic E-state index is 0.0604. The predicted molar refractivity (Wildman–Crippen MR) is 69.5 cm³/mol. The van der Waals surface area contributed by atoms with E-state index in [1.807, 2.05) is 6.92 Å². The van der Waals surface area contributed by atoms with Crippen molar-refractivity contribution in [3.63, 3.8) is 0 Å². The van der Waals surface area contributed by atoms with E-state index in [2.05, 4.69) is 11.9 Å². The first-order chi connectivity index (χ1) is 8.91. The van der Waals surface area contributed by atoms with Crippen LogP contribution in [0.3, 0.4) is 0 Å². The summed E-state index contributed by atoms with van der Waals surface area (Å²) in [6, 6.07) is 0.392. The molecule has 2 atom stereocenters. The van der Waals surface area contributed by atoms with Crippen molar-refractivity contribution < 1.29 is 13.2 Å². The topological polar surface area (TPSA) is 38.9 Å². The second-order valence-electron chi connectivity index (χ2n) is 4.80. The average Bonchev–Trinajstić information content (AvgIpc) is 2.38. The highest BCUT2D eigenvalue weighted by atomic mass is 19.4. The molecule has 0 saturated carbocycles. The zero-order chi connectivity index (χ0) is 14.5. The zero-order valence-electron chi connectivity index (χ0n) is 11.4. The van der Waals surface area contributed by atoms with Gasteiger partial charge in [-0.05, 0) is 24.0 Å². The van der Waals surface area contributed by atoms with E-state index < -0.39 is 17.8 Å². The molecule has 1 heterocycles. The summed E-state index contributed by atoms with van der Waals surface area (Å²) in [4.78, 5) is 3.80. The smallest absolute Gasteiger partial charge is 0.324 e. The van der Waals surface area contributed by atoms with E-state index in [9.17, 15) is 13.2 Å². The van der Waals surface area contributed by atoms with Crippen LogP contribution in [0.5, 0.6) is 0 Å². The van der Waals surface area contributed by atoms with Crippen LogP contribution in [0.1, 0.15) is 56.7 Å². The Morgan fingerprint density at radius 3 is 2.53 bits per heavy atom. The average molecular weight is 274 g/mol. The van der Waals surface area contributed by atoms with Gasteiger partial charge in [0.1, 0.15) is 0 Å². The molecule has 108 valence electrons. The van der Waals surface area contributed by atoms with Crippen molar-refractivity contribution in [2.24, 2.45) is 11.7 Å². The summed E-state index contributed by atoms with van der Waals surface area (Å²) >= 11 is 0. The van der Waals surface area contributed by atoms with Gasteiger partial charge in [-0.3, -0.25) is 4.98 Å². The summed E-state index contributed by atoms with van der Waals surface area (Å²) in [6.45, 7) is 4.02. The van der Waals surface area contributed by atoms with Crippen LogP contribution in [-0.4, -0.2) is 4.98 Å². The van der Waals surface area contributed by atoms with Gasteiger partial charge in [0.15, 0.2) is 0 Å². The number of hydrogen-bond acceptors (Lipinski definition) is 2. The number of halogens is 3. The first-order valence-corrected chi connectivity index (χ1v) is 6.68. The molecule has 0 saturated heterocycles. The van der Waals surface area contributed by atoms with Crippen LogP contribution >= 0.6 is 0 Å². The summed E-state index contributed by atoms with van der Waals surface area (Å²) < 4.78 is 38.8. The third-order valence-corrected chi connectivity index (χ3v) is 3.48. The van der Waals surface area contributed by atoms with Crippen molar-refractivity contribution in [2.75, 3.05) is 0 Å². The Morgan fingerprint density at radius 1 is 1.32 bits per heavy atom. The second-order valence-corrected chi connectivity index (χ2v) is 4.80. The maximum absolute atomic E-state index is 12.9. The van der Waals surface area contributed by atoms with Crippen LogP contribution in [0.25, 0.3) is 0 Å². The van der Waals surface area contributed by atoms with E-state index in [4.69, 9.17) is 5.73 Å². The SMILES string of the molecule is CCCCC(CC)C(N)c1cnccc1C(F)(F)F. The number of aromatic nitrogens is 1. The molecular weight excluding hydrogens is 253 g/mol. The lowest BCUT2D eigenvalue weighted by Crippen LogP contribution is -2.24. The van der Waals surface area contributed by atoms with Gasteiger partial charge in [-0.1, -0.05) is 33.1 Å². The van der Waals surface area contributed by atoms with E-state index in [0.717, 1.165) is 37.9 Å². The first-order valence-electron chi connectivity index (χ1n) is 6.68. The van der Waals surface area contributed by atoms with Gasteiger partial charge in [0.2, 0.25) is 0 Å². The summed E-state index contributed by atoms with van der Waals surface area (Å²) in [7, 11) is 0. The van der Waals surface area contributed by atoms with Crippen LogP contribution in [0.4, 0.5) is 13.2 Å². The third-order valence-electron chi connectivity index (χ3n) is 3.48. The largest absolute Gasteiger partial charge is 0.416 e. The fourth-order valence-corrected chi connectivity index (χ4v) is 2.29. The Morgan fingerprint density at radius 2 is 2.00 bits per heavy atom. The number of pyridine rings is 1. The van der Waals surface area contributed by atoms with Gasteiger partial charge >= 0.3 is 6.18 Å². The number of alkyl halides is 3. The number of unbranched alkanes of at least 4 members (excludes halogenated alkanes) is 1. The lowest BCUT2D eigenvalue weighted by atomic mass is 9.86. The molecule has 1 aromatic heterocycles. The van der Waals surface area contributed by atoms with Crippen LogP contribution in [0, 0.1) is 5.92 Å². The fraction of sp³-hybridized carbons (Fsp3) is 0.643. The monoisotopic (exact) mass is 274 g/mol. The Labute approximate surface area is 112 Å². The molecule has 0 aliphatic rings. The molecule has 0 fully saturated rings. The number of nitrogens with zero attached hydrogens (tertiary/aromatic N) is 1. The van der Waals surface area contributed by atoms with Crippen molar-refractivity contribution in [3.8, 4) is 0 Å². The van der Waals surface area contributed by atoms with E-state index in [-0.39, 0.29) is 11.5 Å². The molecule has 0 radical (unpaired) electrons. The van der Waals surface area contributed by atoms with Crippen molar-refractivity contribution >= 4 is 0 Å². The van der Waals surface area contributed by atoms with E-state index >= 15 is 0 Å². The van der Waals surface area contributed by atoms with Crippen LogP contribution in [0.15, 0.2) is 18.5 Å². The molecule has 5 heteroatoms. The predicted octanol–water partition coefficient (Wildman–Crippen LogP) is 4.32. The highest BCUT2D eigenvalue weighted by Crippen LogP contribution is 2.36. The molecule has 0 aromatic carbocycles. The number of nitrogens with two attached hydrogens (primary N) is 1. The number of rotatable bonds is 6. The second kappa shape index (κ2) is 6.89. The molecule has 1 aromatic rings. The van der Waals surface area contributed by atoms with Crippen LogP contribution in [0.2, 0.25) is 0 Å². The maximum Gasteiger partial charge on any atom is 0.416 e. The third kappa shape index (κ3) is 4.20. The normalized spacial score (nSPS) is 15.3. The molecule has 2 nitrogen and oxygen atoms in total. The molecule has 0 amide bonds. The van der Waals surface area contributed by atoms with Crippen molar-refractivity contribution in [2.45, 2.75) is 51.7 Å². The van der Waals surface area contributed by atoms with Gasteiger partial charge in [0.25, 0.3) is 0 Å². The Balaban J connectivity index is 3.01. The summed E-state index contributed by atoms with van der Waals surface area (Å²) in [5.74, 6) is 0.0604. The van der Waals surface area contributed by atoms with Crippen molar-refractivity contribution in [1.29, 1.82) is 0 Å². The van der Waals surface area contributed by atoms with Gasteiger partial charge < -0.3 is 5.73 Å². The van der Waals surface area contributed by atoms with Crippen LogP contribution in [-0.2, 0) is 6.18 Å². The maximum atomic E-state index is 12.9. The Hall–Kier alpha value is -1.10. The molecule has 2 unspecified atom stereocenters. The summed E-state index contributed by atoms with van der Waals surface area (Å²) in [5.41, 5.74) is 5.50. The quantitative estimate of drug-likeness (QED) is 0.839. The summed E-state index contributed by atoms with van der Waals surface area (Å²) in [5, 5.41) is 0. The molecule has 2 N–H and O–H groups in total. The first kappa shape index (κ1) is 16.0. The van der Waals surface area contributed by atoms with E-state index in [1.165, 1.54) is 6.20 Å². The lowest BCUT2D eigenvalue weighted by Gasteiger charge is -2.25. The highest BCUT2D eigenvalue weighted by Gasteiger charge is 2.35. The number of hydrogen-bond donors (Lipinski definition) is 1. The standard InChI is InChI=1S/C14H21F3N2/c1-3-5-6-10(4-2)13(18)11-9-19-8-7-12(11)14(15,16)17/h7-10,13H,3-6,18H2,1-2H3. The lowest BCUT2D eigenvalue weighted by molar-refractivity contribution is -0.138. The Bertz CT molecular complexity index is 391. The summed E-state index contributed by atoms with van der Waals surface area (Å²) in [6.07, 6.45) is 1.65. The van der Waals surface area contributed by atoms with Gasteiger partial charge in [-0.25, -0.2) is 0 Å². The van der Waals surface area contributed by atoms with Crippen molar-refractivity contribution in [3.05, 3.63) is 29.6 Å². The molecule has 19 heavy (non-hydrogen) atoms. The van der Waals surface area contributed by atoms with Crippen molar-refractivity contribution in [1.82, 2.24) is 4.98 Å². The molecule has 1 rings (SSSR count). The molecule has 0 spiro atoms. The van der Waals surface area contributed by atoms with E-state index in [0.29, 0.717) is 0 Å². The molecule has 0 bridgehead atoms. The highest BCUT2D eigenvalue weighted by molar-refractivity contribution is 5.29. The molecule has 0 aliphatic carbocycles.